The Bertz CT molecular complexity index is 833. The second kappa shape index (κ2) is 4.90. The highest BCUT2D eigenvalue weighted by molar-refractivity contribution is 7.91. The Morgan fingerprint density at radius 2 is 2.24 bits per heavy atom. The molecule has 0 bridgehead atoms. The van der Waals surface area contributed by atoms with Crippen molar-refractivity contribution in [1.82, 2.24) is 9.78 Å². The van der Waals surface area contributed by atoms with E-state index in [2.05, 4.69) is 11.2 Å². The number of nitrogens with two attached hydrogens (primary N) is 1. The zero-order chi connectivity index (χ0) is 15.0. The number of benzene rings is 1. The molecule has 21 heavy (non-hydrogen) atoms. The Morgan fingerprint density at radius 3 is 2.90 bits per heavy atom. The zero-order valence-corrected chi connectivity index (χ0v) is 12.0. The minimum Gasteiger partial charge on any atom is -0.396 e. The lowest BCUT2D eigenvalue weighted by Crippen LogP contribution is -2.11. The van der Waals surface area contributed by atoms with Crippen LogP contribution in [0.4, 0.5) is 5.69 Å². The number of hydrogen-bond donors (Lipinski definition) is 1. The van der Waals surface area contributed by atoms with Crippen molar-refractivity contribution in [3.05, 3.63) is 36.0 Å². The van der Waals surface area contributed by atoms with Gasteiger partial charge in [0.25, 0.3) is 0 Å². The van der Waals surface area contributed by atoms with E-state index in [1.807, 2.05) is 6.07 Å². The molecule has 2 heterocycles. The predicted octanol–water partition coefficient (Wildman–Crippen LogP) is 1.36. The summed E-state index contributed by atoms with van der Waals surface area (Å²) >= 11 is 0. The van der Waals surface area contributed by atoms with E-state index in [0.717, 1.165) is 5.56 Å². The molecule has 0 saturated carbocycles. The SMILES string of the molecule is N#Cc1cccc(-c2nn(C3CCS(=O)(=O)C3)cc2N)c1. The quantitative estimate of drug-likeness (QED) is 0.902. The molecular weight excluding hydrogens is 288 g/mol. The van der Waals surface area contributed by atoms with Crippen molar-refractivity contribution < 1.29 is 8.42 Å². The highest BCUT2D eigenvalue weighted by Gasteiger charge is 2.30. The van der Waals surface area contributed by atoms with Crippen molar-refractivity contribution in [2.75, 3.05) is 17.2 Å². The van der Waals surface area contributed by atoms with Gasteiger partial charge in [0.15, 0.2) is 9.84 Å². The van der Waals surface area contributed by atoms with Crippen LogP contribution in [0.15, 0.2) is 30.5 Å². The Kier molecular flexibility index (Phi) is 3.18. The van der Waals surface area contributed by atoms with Crippen LogP contribution in [0.25, 0.3) is 11.3 Å². The number of sulfone groups is 1. The van der Waals surface area contributed by atoms with E-state index in [-0.39, 0.29) is 17.5 Å². The van der Waals surface area contributed by atoms with Gasteiger partial charge in [-0.15, -0.1) is 0 Å². The first-order valence-corrected chi connectivity index (χ1v) is 8.36. The highest BCUT2D eigenvalue weighted by atomic mass is 32.2. The normalized spacial score (nSPS) is 20.2. The van der Waals surface area contributed by atoms with Crippen LogP contribution in [0.5, 0.6) is 0 Å². The molecule has 1 atom stereocenters. The Balaban J connectivity index is 1.97. The third-order valence-electron chi connectivity index (χ3n) is 3.61. The first-order valence-electron chi connectivity index (χ1n) is 6.54. The molecule has 1 saturated heterocycles. The number of hydrogen-bond acceptors (Lipinski definition) is 5. The molecule has 2 N–H and O–H groups in total. The second-order valence-corrected chi connectivity index (χ2v) is 7.39. The summed E-state index contributed by atoms with van der Waals surface area (Å²) in [5.41, 5.74) is 8.33. The molecule has 7 heteroatoms. The van der Waals surface area contributed by atoms with Crippen LogP contribution < -0.4 is 5.73 Å². The topological polar surface area (TPSA) is 102 Å². The van der Waals surface area contributed by atoms with Crippen LogP contribution in [-0.4, -0.2) is 29.7 Å². The summed E-state index contributed by atoms with van der Waals surface area (Å²) in [5.74, 6) is 0.294. The van der Waals surface area contributed by atoms with Gasteiger partial charge >= 0.3 is 0 Å². The molecule has 2 aromatic rings. The standard InChI is InChI=1S/C14H14N4O2S/c15-7-10-2-1-3-11(6-10)14-13(16)8-18(17-14)12-4-5-21(19,20)9-12/h1-3,6,8,12H,4-5,9,16H2. The fraction of sp³-hybridized carbons (Fsp3) is 0.286. The van der Waals surface area contributed by atoms with E-state index in [0.29, 0.717) is 23.4 Å². The lowest BCUT2D eigenvalue weighted by atomic mass is 10.1. The largest absolute Gasteiger partial charge is 0.396 e. The van der Waals surface area contributed by atoms with Crippen molar-refractivity contribution in [1.29, 1.82) is 5.26 Å². The summed E-state index contributed by atoms with van der Waals surface area (Å²) in [6.45, 7) is 0. The summed E-state index contributed by atoms with van der Waals surface area (Å²) in [5, 5.41) is 13.4. The van der Waals surface area contributed by atoms with Crippen LogP contribution in [0, 0.1) is 11.3 Å². The van der Waals surface area contributed by atoms with Gasteiger partial charge in [-0.3, -0.25) is 4.68 Å². The fourth-order valence-corrected chi connectivity index (χ4v) is 4.24. The maximum absolute atomic E-state index is 11.6. The monoisotopic (exact) mass is 302 g/mol. The number of anilines is 1. The van der Waals surface area contributed by atoms with Crippen LogP contribution in [0.1, 0.15) is 18.0 Å². The van der Waals surface area contributed by atoms with Crippen molar-refractivity contribution in [3.8, 4) is 17.3 Å². The predicted molar refractivity (Wildman–Crippen MR) is 79.1 cm³/mol. The lowest BCUT2D eigenvalue weighted by Gasteiger charge is -2.07. The molecule has 108 valence electrons. The zero-order valence-electron chi connectivity index (χ0n) is 11.2. The van der Waals surface area contributed by atoms with E-state index >= 15 is 0 Å². The van der Waals surface area contributed by atoms with E-state index < -0.39 is 9.84 Å². The van der Waals surface area contributed by atoms with Gasteiger partial charge in [0.1, 0.15) is 5.69 Å². The third kappa shape index (κ3) is 2.62. The van der Waals surface area contributed by atoms with E-state index in [1.54, 1.807) is 29.1 Å². The Hall–Kier alpha value is -2.33. The van der Waals surface area contributed by atoms with Gasteiger partial charge in [-0.25, -0.2) is 8.42 Å². The third-order valence-corrected chi connectivity index (χ3v) is 5.36. The minimum atomic E-state index is -2.97. The van der Waals surface area contributed by atoms with Crippen molar-refractivity contribution in [3.63, 3.8) is 0 Å². The molecule has 6 nitrogen and oxygen atoms in total. The molecule has 1 fully saturated rings. The average molecular weight is 302 g/mol. The highest BCUT2D eigenvalue weighted by Crippen LogP contribution is 2.29. The lowest BCUT2D eigenvalue weighted by molar-refractivity contribution is 0.501. The second-order valence-electron chi connectivity index (χ2n) is 5.16. The number of nitriles is 1. The molecule has 0 amide bonds. The number of rotatable bonds is 2. The molecule has 3 rings (SSSR count). The van der Waals surface area contributed by atoms with Gasteiger partial charge in [0.05, 0.1) is 34.9 Å². The molecule has 0 spiro atoms. The van der Waals surface area contributed by atoms with Crippen molar-refractivity contribution in [2.24, 2.45) is 0 Å². The molecule has 0 radical (unpaired) electrons. The van der Waals surface area contributed by atoms with Gasteiger partial charge in [-0.2, -0.15) is 10.4 Å². The Labute approximate surface area is 122 Å². The number of nitrogens with zero attached hydrogens (tertiary/aromatic N) is 3. The molecule has 1 aromatic heterocycles. The average Bonchev–Trinajstić information content (AvgIpc) is 3.01. The summed E-state index contributed by atoms with van der Waals surface area (Å²) in [6.07, 6.45) is 2.22. The Morgan fingerprint density at radius 1 is 1.43 bits per heavy atom. The van der Waals surface area contributed by atoms with Crippen molar-refractivity contribution in [2.45, 2.75) is 12.5 Å². The van der Waals surface area contributed by atoms with Crippen LogP contribution in [0.2, 0.25) is 0 Å². The fourth-order valence-electron chi connectivity index (χ4n) is 2.54. The summed E-state index contributed by atoms with van der Waals surface area (Å²) < 4.78 is 24.7. The first kappa shape index (κ1) is 13.6. The van der Waals surface area contributed by atoms with Gasteiger partial charge in [-0.05, 0) is 18.6 Å². The molecule has 0 aliphatic carbocycles. The molecule has 1 aliphatic rings. The molecule has 1 aromatic carbocycles. The molecule has 1 aliphatic heterocycles. The summed E-state index contributed by atoms with van der Waals surface area (Å²) in [4.78, 5) is 0. The summed E-state index contributed by atoms with van der Waals surface area (Å²) in [6, 6.07) is 8.94. The number of nitrogen functional groups attached to an aromatic ring is 1. The molecule has 1 unspecified atom stereocenters. The van der Waals surface area contributed by atoms with Crippen LogP contribution in [0.3, 0.4) is 0 Å². The maximum atomic E-state index is 11.6. The van der Waals surface area contributed by atoms with Crippen LogP contribution in [-0.2, 0) is 9.84 Å². The van der Waals surface area contributed by atoms with Gasteiger partial charge in [0, 0.05) is 11.8 Å². The van der Waals surface area contributed by atoms with Gasteiger partial charge < -0.3 is 5.73 Å². The van der Waals surface area contributed by atoms with E-state index in [4.69, 9.17) is 11.0 Å². The van der Waals surface area contributed by atoms with E-state index in [1.165, 1.54) is 0 Å². The minimum absolute atomic E-state index is 0.103. The maximum Gasteiger partial charge on any atom is 0.152 e. The van der Waals surface area contributed by atoms with Gasteiger partial charge in [0.2, 0.25) is 0 Å². The van der Waals surface area contributed by atoms with Crippen LogP contribution >= 0.6 is 0 Å². The first-order chi connectivity index (χ1) is 9.98. The van der Waals surface area contributed by atoms with E-state index in [9.17, 15) is 8.42 Å². The molecular formula is C14H14N4O2S. The smallest absolute Gasteiger partial charge is 0.152 e. The number of aromatic nitrogens is 2. The van der Waals surface area contributed by atoms with Gasteiger partial charge in [-0.1, -0.05) is 12.1 Å². The van der Waals surface area contributed by atoms with Crippen molar-refractivity contribution >= 4 is 15.5 Å². The summed E-state index contributed by atoms with van der Waals surface area (Å²) in [7, 11) is -2.97.